The molecule has 0 spiro atoms. The lowest BCUT2D eigenvalue weighted by Crippen LogP contribution is -2.68. The summed E-state index contributed by atoms with van der Waals surface area (Å²) in [6, 6.07) is 0.0276. The zero-order valence-electron chi connectivity index (χ0n) is 22.3. The van der Waals surface area contributed by atoms with Gasteiger partial charge in [0.2, 0.25) is 0 Å². The molecule has 4 fully saturated rings. The van der Waals surface area contributed by atoms with Crippen molar-refractivity contribution in [1.82, 2.24) is 15.5 Å². The van der Waals surface area contributed by atoms with Crippen LogP contribution in [0, 0.1) is 11.3 Å². The fourth-order valence-electron chi connectivity index (χ4n) is 6.16. The van der Waals surface area contributed by atoms with Crippen molar-refractivity contribution >= 4 is 47.4 Å². The van der Waals surface area contributed by atoms with Crippen LogP contribution in [0.5, 0.6) is 0 Å². The van der Waals surface area contributed by atoms with Crippen LogP contribution in [-0.4, -0.2) is 98.1 Å². The monoisotopic (exact) mass is 655 g/mol. The van der Waals surface area contributed by atoms with Crippen LogP contribution < -0.4 is 22.1 Å². The molecule has 4 aliphatic heterocycles. The summed E-state index contributed by atoms with van der Waals surface area (Å²) >= 11 is 0. The second-order valence-electron chi connectivity index (χ2n) is 10.3. The van der Waals surface area contributed by atoms with Gasteiger partial charge in [-0.1, -0.05) is 28.5 Å². The molecule has 15 nitrogen and oxygen atoms in total. The van der Waals surface area contributed by atoms with E-state index in [1.165, 1.54) is 0 Å². The molecule has 0 bridgehead atoms. The molecule has 0 aromatic carbocycles. The lowest BCUT2D eigenvalue weighted by Gasteiger charge is -2.42. The first-order valence-corrected chi connectivity index (χ1v) is 18.5. The lowest BCUT2D eigenvalue weighted by molar-refractivity contribution is -0.111. The first-order valence-electron chi connectivity index (χ1n) is 12.4. The number of epoxide rings is 1. The molecule has 39 heavy (non-hydrogen) atoms. The quantitative estimate of drug-likeness (QED) is 0.0593. The maximum atomic E-state index is 10.1. The van der Waals surface area contributed by atoms with Gasteiger partial charge in [0.25, 0.3) is 0 Å². The highest BCUT2D eigenvalue weighted by Crippen LogP contribution is 2.57. The summed E-state index contributed by atoms with van der Waals surface area (Å²) in [5.74, 6) is -0.793. The molecule has 0 aliphatic carbocycles. The van der Waals surface area contributed by atoms with Crippen molar-refractivity contribution in [2.24, 2.45) is 22.8 Å². The molecule has 10 N–H and O–H groups in total. The largest absolute Gasteiger partial charge is 0.361 e. The molecule has 0 amide bonds. The van der Waals surface area contributed by atoms with Crippen molar-refractivity contribution in [1.29, 1.82) is 0 Å². The highest BCUT2D eigenvalue weighted by Gasteiger charge is 2.69. The van der Waals surface area contributed by atoms with E-state index >= 15 is 0 Å². The van der Waals surface area contributed by atoms with Gasteiger partial charge in [-0.15, -0.1) is 0 Å². The smallest absolute Gasteiger partial charge is 0.344 e. The first-order chi connectivity index (χ1) is 18.3. The van der Waals surface area contributed by atoms with Crippen LogP contribution in [0.4, 0.5) is 0 Å². The average molecular weight is 656 g/mol. The Morgan fingerprint density at radius 1 is 1.15 bits per heavy atom. The van der Waals surface area contributed by atoms with Gasteiger partial charge in [-0.3, -0.25) is 15.5 Å². The number of nitrogens with zero attached hydrogens (tertiary/aromatic N) is 1. The van der Waals surface area contributed by atoms with Crippen LogP contribution >= 0.6 is 47.4 Å². The molecule has 13 unspecified atom stereocenters. The van der Waals surface area contributed by atoms with Crippen LogP contribution in [-0.2, 0) is 27.4 Å². The second-order valence-corrected chi connectivity index (χ2v) is 16.1. The van der Waals surface area contributed by atoms with E-state index in [0.29, 0.717) is 13.0 Å². The van der Waals surface area contributed by atoms with E-state index in [0.717, 1.165) is 0 Å². The Bertz CT molecular complexity index is 836. The molecule has 4 saturated heterocycles. The Morgan fingerprint density at radius 2 is 1.87 bits per heavy atom. The Morgan fingerprint density at radius 3 is 2.51 bits per heavy atom. The van der Waals surface area contributed by atoms with E-state index in [1.807, 2.05) is 20.1 Å². The van der Waals surface area contributed by atoms with Crippen LogP contribution in [0.2, 0.25) is 0 Å². The third kappa shape index (κ3) is 7.55. The Kier molecular flexibility index (Phi) is 11.6. The number of ether oxygens (including phenoxy) is 3. The van der Waals surface area contributed by atoms with Crippen molar-refractivity contribution < 1.29 is 46.9 Å². The maximum absolute atomic E-state index is 10.1. The number of hydrogen-bond acceptors (Lipinski definition) is 17. The predicted octanol–water partition coefficient (Wildman–Crippen LogP) is 0.705. The molecule has 228 valence electrons. The summed E-state index contributed by atoms with van der Waals surface area (Å²) in [7, 11) is -4.98. The van der Waals surface area contributed by atoms with Crippen LogP contribution in [0.1, 0.15) is 34.1 Å². The lowest BCUT2D eigenvalue weighted by atomic mass is 9.72. The molecule has 4 heterocycles. The SMILES string of the molecule is CSSC(C)OC1CC(N2C(C)C(CN)C3(C)C4OC4NC(C)(N)NC23)OC1COP(O)OP(O)OP(O)O. The van der Waals surface area contributed by atoms with Crippen LogP contribution in [0.3, 0.4) is 0 Å². The Balaban J connectivity index is 1.51. The third-order valence-corrected chi connectivity index (χ3v) is 12.3. The van der Waals surface area contributed by atoms with Gasteiger partial charge in [0.1, 0.15) is 35.9 Å². The molecule has 0 aromatic heterocycles. The predicted molar refractivity (Wildman–Crippen MR) is 150 cm³/mol. The van der Waals surface area contributed by atoms with Gasteiger partial charge >= 0.3 is 25.8 Å². The van der Waals surface area contributed by atoms with Crippen molar-refractivity contribution in [2.45, 2.75) is 88.3 Å². The van der Waals surface area contributed by atoms with Crippen LogP contribution in [0.15, 0.2) is 0 Å². The van der Waals surface area contributed by atoms with Crippen molar-refractivity contribution in [3.63, 3.8) is 0 Å². The third-order valence-electron chi connectivity index (χ3n) is 7.72. The molecule has 0 radical (unpaired) electrons. The number of fused-ring (bicyclic) bond motifs is 3. The minimum Gasteiger partial charge on any atom is -0.361 e. The average Bonchev–Trinajstić information content (AvgIpc) is 3.43. The van der Waals surface area contributed by atoms with Crippen molar-refractivity contribution in [3.05, 3.63) is 0 Å². The zero-order chi connectivity index (χ0) is 28.7. The van der Waals surface area contributed by atoms with E-state index < -0.39 is 37.7 Å². The van der Waals surface area contributed by atoms with E-state index in [9.17, 15) is 9.79 Å². The summed E-state index contributed by atoms with van der Waals surface area (Å²) in [6.07, 6.45) is 0.711. The number of rotatable bonds is 13. The number of nitrogens with one attached hydrogen (secondary N) is 2. The summed E-state index contributed by atoms with van der Waals surface area (Å²) in [4.78, 5) is 39.6. The summed E-state index contributed by atoms with van der Waals surface area (Å²) in [6.45, 7) is 8.50. The first kappa shape index (κ1) is 33.3. The molecule has 4 aliphatic rings. The number of hydrogen-bond donors (Lipinski definition) is 8. The molecule has 20 heteroatoms. The van der Waals surface area contributed by atoms with E-state index in [1.54, 1.807) is 21.6 Å². The van der Waals surface area contributed by atoms with Gasteiger partial charge in [-0.25, -0.2) is 8.62 Å². The van der Waals surface area contributed by atoms with Gasteiger partial charge in [0, 0.05) is 17.9 Å². The number of nitrogens with two attached hydrogens (primary N) is 2. The topological polar surface area (TPSA) is 219 Å². The highest BCUT2D eigenvalue weighted by molar-refractivity contribution is 8.76. The standard InChI is InChI=1S/C19H40N5O10P3S2/c1-9-11(7-20)18(3)15-16(32-15)22-19(4,21)23-17(18)24(9)14-6-12(30-10(2)39-38-5)13(31-14)8-29-36(27)34-37(28)33-35(25)26/h9-17,22-23,25-28H,6-8,20-21H2,1-5H3. The summed E-state index contributed by atoms with van der Waals surface area (Å²) < 4.78 is 33.5. The van der Waals surface area contributed by atoms with E-state index in [4.69, 9.17) is 44.3 Å². The Labute approximate surface area is 240 Å². The molecule has 0 saturated carbocycles. The Hall–Kier alpha value is 1.39. The molecule has 13 atom stereocenters. The van der Waals surface area contributed by atoms with Crippen LogP contribution in [0.25, 0.3) is 0 Å². The zero-order valence-corrected chi connectivity index (χ0v) is 26.6. The fraction of sp³-hybridized carbons (Fsp3) is 1.00. The summed E-state index contributed by atoms with van der Waals surface area (Å²) in [5.41, 5.74) is 12.4. The molecule has 4 rings (SSSR count). The van der Waals surface area contributed by atoms with Gasteiger partial charge in [0.05, 0.1) is 18.9 Å². The van der Waals surface area contributed by atoms with Gasteiger partial charge in [-0.2, -0.15) is 0 Å². The minimum absolute atomic E-state index is 0.0276. The molecule has 0 aromatic rings. The van der Waals surface area contributed by atoms with Gasteiger partial charge in [0.15, 0.2) is 0 Å². The second kappa shape index (κ2) is 13.6. The van der Waals surface area contributed by atoms with Gasteiger partial charge in [-0.05, 0) is 39.5 Å². The minimum atomic E-state index is -2.84. The van der Waals surface area contributed by atoms with E-state index in [-0.39, 0.29) is 60.2 Å². The maximum Gasteiger partial charge on any atom is 0.344 e. The highest BCUT2D eigenvalue weighted by atomic mass is 33.1. The normalized spacial score (nSPS) is 44.6. The number of likely N-dealkylation sites (tertiary alicyclic amines) is 1. The molecular weight excluding hydrogens is 615 g/mol. The summed E-state index contributed by atoms with van der Waals surface area (Å²) in [5, 5.41) is 6.90. The van der Waals surface area contributed by atoms with Crippen molar-refractivity contribution in [2.75, 3.05) is 19.4 Å². The van der Waals surface area contributed by atoms with E-state index in [2.05, 4.69) is 33.7 Å². The van der Waals surface area contributed by atoms with Gasteiger partial charge < -0.3 is 49.8 Å². The fourth-order valence-corrected chi connectivity index (χ4v) is 9.40. The van der Waals surface area contributed by atoms with Crippen molar-refractivity contribution in [3.8, 4) is 0 Å². The molecular formula is C19H40N5O10P3S2.